The van der Waals surface area contributed by atoms with E-state index in [0.717, 1.165) is 11.1 Å². The fourth-order valence-electron chi connectivity index (χ4n) is 3.24. The number of aromatic nitrogens is 1. The van der Waals surface area contributed by atoms with Gasteiger partial charge in [-0.3, -0.25) is 14.6 Å². The lowest BCUT2D eigenvalue weighted by molar-refractivity contribution is -0.125. The summed E-state index contributed by atoms with van der Waals surface area (Å²) in [7, 11) is 0. The molecule has 1 aromatic heterocycles. The van der Waals surface area contributed by atoms with Crippen LogP contribution in [0.1, 0.15) is 24.8 Å². The van der Waals surface area contributed by atoms with Crippen LogP contribution in [0.4, 0.5) is 0 Å². The molecule has 120 valence electrons. The van der Waals surface area contributed by atoms with E-state index in [1.807, 2.05) is 12.1 Å². The van der Waals surface area contributed by atoms with E-state index in [2.05, 4.69) is 4.98 Å². The number of carbonyl (C=O) groups is 2. The molecular weight excluding hydrogens is 294 g/mol. The number of rotatable bonds is 5. The quantitative estimate of drug-likeness (QED) is 0.844. The monoisotopic (exact) mass is 313 g/mol. The highest BCUT2D eigenvalue weighted by Gasteiger charge is 2.42. The molecule has 0 saturated heterocycles. The van der Waals surface area contributed by atoms with Gasteiger partial charge < -0.3 is 16.2 Å². The van der Waals surface area contributed by atoms with Crippen molar-refractivity contribution in [2.75, 3.05) is 6.61 Å². The van der Waals surface area contributed by atoms with E-state index in [4.69, 9.17) is 16.2 Å². The third kappa shape index (κ3) is 2.84. The van der Waals surface area contributed by atoms with Crippen LogP contribution < -0.4 is 11.5 Å². The molecule has 1 unspecified atom stereocenters. The minimum absolute atomic E-state index is 0.275. The van der Waals surface area contributed by atoms with Gasteiger partial charge in [0.25, 0.3) is 5.91 Å². The summed E-state index contributed by atoms with van der Waals surface area (Å²) >= 11 is 0. The molecule has 4 N–H and O–H groups in total. The zero-order chi connectivity index (χ0) is 16.4. The van der Waals surface area contributed by atoms with Gasteiger partial charge in [-0.1, -0.05) is 6.08 Å². The molecule has 2 heterocycles. The van der Waals surface area contributed by atoms with Crippen LogP contribution in [0.2, 0.25) is 0 Å². The normalized spacial score (nSPS) is 23.0. The molecule has 6 nitrogen and oxygen atoms in total. The number of carbonyl (C=O) groups excluding carboxylic acids is 2. The molecule has 1 aliphatic carbocycles. The van der Waals surface area contributed by atoms with Gasteiger partial charge >= 0.3 is 0 Å². The van der Waals surface area contributed by atoms with Gasteiger partial charge in [-0.05, 0) is 42.5 Å². The maximum Gasteiger partial charge on any atom is 0.252 e. The molecule has 1 aliphatic heterocycles. The van der Waals surface area contributed by atoms with Gasteiger partial charge in [-0.2, -0.15) is 0 Å². The number of pyridine rings is 1. The summed E-state index contributed by atoms with van der Waals surface area (Å²) in [4.78, 5) is 27.9. The second kappa shape index (κ2) is 5.87. The van der Waals surface area contributed by atoms with Gasteiger partial charge in [0, 0.05) is 18.8 Å². The minimum Gasteiger partial charge on any atom is -0.492 e. The zero-order valence-electron chi connectivity index (χ0n) is 12.7. The Morgan fingerprint density at radius 2 is 2.00 bits per heavy atom. The minimum atomic E-state index is -0.903. The molecule has 2 aliphatic rings. The van der Waals surface area contributed by atoms with E-state index in [0.29, 0.717) is 38.0 Å². The highest BCUT2D eigenvalue weighted by Crippen LogP contribution is 2.44. The molecular formula is C17H19N3O3. The Kier molecular flexibility index (Phi) is 3.90. The Bertz CT molecular complexity index is 709. The van der Waals surface area contributed by atoms with Crippen LogP contribution in [0.5, 0.6) is 0 Å². The summed E-state index contributed by atoms with van der Waals surface area (Å²) in [6.07, 6.45) is 7.40. The predicted molar refractivity (Wildman–Crippen MR) is 83.7 cm³/mol. The molecule has 1 aromatic rings. The molecule has 0 bridgehead atoms. The summed E-state index contributed by atoms with van der Waals surface area (Å²) < 4.78 is 5.52. The third-order valence-electron chi connectivity index (χ3n) is 4.53. The number of hydrogen-bond donors (Lipinski definition) is 2. The van der Waals surface area contributed by atoms with Crippen LogP contribution in [-0.2, 0) is 20.7 Å². The van der Waals surface area contributed by atoms with E-state index in [-0.39, 0.29) is 5.57 Å². The number of nitrogens with zero attached hydrogens (tertiary/aromatic N) is 1. The van der Waals surface area contributed by atoms with Crippen molar-refractivity contribution in [3.8, 4) is 0 Å². The molecule has 2 amide bonds. The molecule has 0 radical (unpaired) electrons. The average molecular weight is 313 g/mol. The maximum absolute atomic E-state index is 12.2. The molecule has 0 fully saturated rings. The van der Waals surface area contributed by atoms with E-state index < -0.39 is 17.2 Å². The smallest absolute Gasteiger partial charge is 0.252 e. The first-order valence-corrected chi connectivity index (χ1v) is 7.58. The lowest BCUT2D eigenvalue weighted by Gasteiger charge is -2.32. The van der Waals surface area contributed by atoms with Crippen LogP contribution in [0.3, 0.4) is 0 Å². The molecule has 3 rings (SSSR count). The number of primary amides is 2. The second-order valence-electron chi connectivity index (χ2n) is 6.01. The van der Waals surface area contributed by atoms with Gasteiger partial charge in [-0.25, -0.2) is 0 Å². The van der Waals surface area contributed by atoms with Crippen molar-refractivity contribution in [2.45, 2.75) is 25.7 Å². The van der Waals surface area contributed by atoms with Crippen LogP contribution in [0.25, 0.3) is 0 Å². The first-order valence-electron chi connectivity index (χ1n) is 7.58. The highest BCUT2D eigenvalue weighted by molar-refractivity contribution is 5.98. The molecule has 0 aromatic carbocycles. The summed E-state index contributed by atoms with van der Waals surface area (Å²) in [6, 6.07) is 3.80. The average Bonchev–Trinajstić information content (AvgIpc) is 3.00. The number of ether oxygens (including phenoxy) is 1. The topological polar surface area (TPSA) is 108 Å². The standard InChI is InChI=1S/C17H19N3O3/c18-15(21)13-10-17(16(19)22,9-12-4-8-23-14(12)13)5-1-11-2-6-20-7-3-11/h2-3,6-7,10H,1,4-5,8-9H2,(H2,18,21)(H2,19,22). The Morgan fingerprint density at radius 1 is 1.26 bits per heavy atom. The Labute approximate surface area is 134 Å². The number of nitrogens with two attached hydrogens (primary N) is 2. The third-order valence-corrected chi connectivity index (χ3v) is 4.53. The van der Waals surface area contributed by atoms with Crippen LogP contribution in [0, 0.1) is 5.41 Å². The van der Waals surface area contributed by atoms with Crippen LogP contribution in [0.15, 0.2) is 47.5 Å². The molecule has 23 heavy (non-hydrogen) atoms. The summed E-state index contributed by atoms with van der Waals surface area (Å²) in [5.41, 5.74) is 12.6. The van der Waals surface area contributed by atoms with Crippen molar-refractivity contribution >= 4 is 11.8 Å². The second-order valence-corrected chi connectivity index (χ2v) is 6.01. The number of amides is 2. The van der Waals surface area contributed by atoms with Crippen molar-refractivity contribution in [1.29, 1.82) is 0 Å². The number of hydrogen-bond acceptors (Lipinski definition) is 4. The van der Waals surface area contributed by atoms with Crippen molar-refractivity contribution in [3.63, 3.8) is 0 Å². The Balaban J connectivity index is 1.92. The molecule has 6 heteroatoms. The zero-order valence-corrected chi connectivity index (χ0v) is 12.7. The molecule has 0 spiro atoms. The Hall–Kier alpha value is -2.63. The van der Waals surface area contributed by atoms with E-state index in [1.54, 1.807) is 18.5 Å². The fourth-order valence-corrected chi connectivity index (χ4v) is 3.24. The predicted octanol–water partition coefficient (Wildman–Crippen LogP) is 0.976. The molecule has 1 atom stereocenters. The summed E-state index contributed by atoms with van der Waals surface area (Å²) in [6.45, 7) is 0.508. The van der Waals surface area contributed by atoms with Gasteiger partial charge in [0.05, 0.1) is 17.6 Å². The van der Waals surface area contributed by atoms with Gasteiger partial charge in [0.15, 0.2) is 0 Å². The fraction of sp³-hybridized carbons (Fsp3) is 0.353. The summed E-state index contributed by atoms with van der Waals surface area (Å²) in [5, 5.41) is 0. The van der Waals surface area contributed by atoms with E-state index in [1.165, 1.54) is 0 Å². The highest BCUT2D eigenvalue weighted by atomic mass is 16.5. The van der Waals surface area contributed by atoms with Crippen molar-refractivity contribution in [1.82, 2.24) is 4.98 Å². The van der Waals surface area contributed by atoms with E-state index >= 15 is 0 Å². The van der Waals surface area contributed by atoms with Crippen LogP contribution in [-0.4, -0.2) is 23.4 Å². The first-order chi connectivity index (χ1) is 11.0. The number of aryl methyl sites for hydroxylation is 1. The van der Waals surface area contributed by atoms with Gasteiger partial charge in [0.2, 0.25) is 5.91 Å². The molecule has 0 saturated carbocycles. The van der Waals surface area contributed by atoms with Crippen LogP contribution >= 0.6 is 0 Å². The van der Waals surface area contributed by atoms with Gasteiger partial charge in [0.1, 0.15) is 5.76 Å². The van der Waals surface area contributed by atoms with Crippen molar-refractivity contribution < 1.29 is 14.3 Å². The largest absolute Gasteiger partial charge is 0.492 e. The van der Waals surface area contributed by atoms with Gasteiger partial charge in [-0.15, -0.1) is 0 Å². The first kappa shape index (κ1) is 15.3. The lowest BCUT2D eigenvalue weighted by Crippen LogP contribution is -2.39. The van der Waals surface area contributed by atoms with Crippen molar-refractivity contribution in [3.05, 3.63) is 53.1 Å². The maximum atomic E-state index is 12.2. The lowest BCUT2D eigenvalue weighted by atomic mass is 9.71. The SMILES string of the molecule is NC(=O)C1=CC(CCc2ccncc2)(C(N)=O)CC2=C1OCC2. The van der Waals surface area contributed by atoms with E-state index in [9.17, 15) is 9.59 Å². The Morgan fingerprint density at radius 3 is 2.65 bits per heavy atom. The summed E-state index contributed by atoms with van der Waals surface area (Å²) in [5.74, 6) is -0.490. The van der Waals surface area contributed by atoms with Crippen molar-refractivity contribution in [2.24, 2.45) is 16.9 Å².